The second-order valence-corrected chi connectivity index (χ2v) is 3.38. The average Bonchev–Trinajstić information content (AvgIpc) is 2.25. The molecule has 3 nitrogen and oxygen atoms in total. The number of benzene rings is 1. The third-order valence-corrected chi connectivity index (χ3v) is 2.27. The van der Waals surface area contributed by atoms with Gasteiger partial charge in [0.15, 0.2) is 0 Å². The summed E-state index contributed by atoms with van der Waals surface area (Å²) in [5.74, 6) is -0.249. The maximum absolute atomic E-state index is 10.7. The van der Waals surface area contributed by atoms with E-state index < -0.39 is 0 Å². The van der Waals surface area contributed by atoms with Gasteiger partial charge in [0.2, 0.25) is 0 Å². The molecule has 0 amide bonds. The highest BCUT2D eigenvalue weighted by Gasteiger charge is 2.02. The van der Waals surface area contributed by atoms with Gasteiger partial charge in [-0.1, -0.05) is 19.1 Å². The van der Waals surface area contributed by atoms with E-state index in [1.54, 1.807) is 0 Å². The van der Waals surface area contributed by atoms with E-state index in [0.717, 1.165) is 17.7 Å². The van der Waals surface area contributed by atoms with Gasteiger partial charge in [0.1, 0.15) is 6.61 Å². The first kappa shape index (κ1) is 11.6. The van der Waals surface area contributed by atoms with Crippen LogP contribution in [0, 0.1) is 0 Å². The first-order valence-corrected chi connectivity index (χ1v) is 5.10. The number of ether oxygens (including phenoxy) is 1. The van der Waals surface area contributed by atoms with E-state index in [9.17, 15) is 4.79 Å². The van der Waals surface area contributed by atoms with Gasteiger partial charge in [-0.05, 0) is 23.6 Å². The molecule has 0 bridgehead atoms. The van der Waals surface area contributed by atoms with E-state index >= 15 is 0 Å². The fourth-order valence-electron chi connectivity index (χ4n) is 1.44. The van der Waals surface area contributed by atoms with Crippen LogP contribution in [-0.2, 0) is 22.6 Å². The third-order valence-electron chi connectivity index (χ3n) is 2.27. The lowest BCUT2D eigenvalue weighted by Crippen LogP contribution is -2.01. The fraction of sp³-hybridized carbons (Fsp3) is 0.417. The van der Waals surface area contributed by atoms with Gasteiger partial charge in [-0.3, -0.25) is 4.79 Å². The highest BCUT2D eigenvalue weighted by atomic mass is 16.5. The van der Waals surface area contributed by atoms with Crippen molar-refractivity contribution in [1.82, 2.24) is 0 Å². The molecule has 0 spiro atoms. The standard InChI is InChI=1S/C12H17NO2/c1-4-11-6-5-10(7-12(11)13-3)8-15-9(2)14/h5-7,13H,4,8H2,1-3H3. The van der Waals surface area contributed by atoms with Gasteiger partial charge in [0.25, 0.3) is 0 Å². The zero-order valence-corrected chi connectivity index (χ0v) is 9.46. The molecule has 0 aliphatic heterocycles. The first-order valence-electron chi connectivity index (χ1n) is 5.10. The Morgan fingerprint density at radius 2 is 2.20 bits per heavy atom. The zero-order valence-electron chi connectivity index (χ0n) is 9.46. The van der Waals surface area contributed by atoms with Crippen LogP contribution >= 0.6 is 0 Å². The molecular formula is C12H17NO2. The molecule has 1 aromatic rings. The van der Waals surface area contributed by atoms with E-state index in [4.69, 9.17) is 4.74 Å². The monoisotopic (exact) mass is 207 g/mol. The van der Waals surface area contributed by atoms with Crippen LogP contribution in [-0.4, -0.2) is 13.0 Å². The number of carbonyl (C=O) groups excluding carboxylic acids is 1. The Kier molecular flexibility index (Phi) is 4.16. The molecule has 15 heavy (non-hydrogen) atoms. The molecule has 0 radical (unpaired) electrons. The lowest BCUT2D eigenvalue weighted by molar-refractivity contribution is -0.142. The Labute approximate surface area is 90.4 Å². The number of anilines is 1. The molecule has 0 aromatic heterocycles. The second kappa shape index (κ2) is 5.39. The largest absolute Gasteiger partial charge is 0.461 e. The molecular weight excluding hydrogens is 190 g/mol. The van der Waals surface area contributed by atoms with Crippen LogP contribution in [0.2, 0.25) is 0 Å². The van der Waals surface area contributed by atoms with Crippen molar-refractivity contribution in [3.05, 3.63) is 29.3 Å². The molecule has 1 N–H and O–H groups in total. The predicted octanol–water partition coefficient (Wildman–Crippen LogP) is 2.35. The van der Waals surface area contributed by atoms with Crippen molar-refractivity contribution < 1.29 is 9.53 Å². The summed E-state index contributed by atoms with van der Waals surface area (Å²) in [5.41, 5.74) is 3.37. The van der Waals surface area contributed by atoms with Gasteiger partial charge >= 0.3 is 5.97 Å². The lowest BCUT2D eigenvalue weighted by atomic mass is 10.1. The summed E-state index contributed by atoms with van der Waals surface area (Å²) in [4.78, 5) is 10.7. The Morgan fingerprint density at radius 3 is 2.73 bits per heavy atom. The van der Waals surface area contributed by atoms with Gasteiger partial charge in [0, 0.05) is 19.7 Å². The van der Waals surface area contributed by atoms with E-state index in [0.29, 0.717) is 6.61 Å². The number of hydrogen-bond acceptors (Lipinski definition) is 3. The fourth-order valence-corrected chi connectivity index (χ4v) is 1.44. The van der Waals surface area contributed by atoms with Gasteiger partial charge < -0.3 is 10.1 Å². The minimum Gasteiger partial charge on any atom is -0.461 e. The molecule has 0 aliphatic carbocycles. The SMILES string of the molecule is CCc1ccc(COC(C)=O)cc1NC. The predicted molar refractivity (Wildman–Crippen MR) is 60.8 cm³/mol. The Balaban J connectivity index is 2.78. The Bertz CT molecular complexity index is 347. The molecule has 0 saturated carbocycles. The van der Waals surface area contributed by atoms with Gasteiger partial charge in [-0.25, -0.2) is 0 Å². The number of rotatable bonds is 4. The van der Waals surface area contributed by atoms with Crippen LogP contribution in [0.25, 0.3) is 0 Å². The Morgan fingerprint density at radius 1 is 1.47 bits per heavy atom. The maximum atomic E-state index is 10.7. The van der Waals surface area contributed by atoms with Gasteiger partial charge in [0.05, 0.1) is 0 Å². The summed E-state index contributed by atoms with van der Waals surface area (Å²) in [6.07, 6.45) is 0.990. The maximum Gasteiger partial charge on any atom is 0.302 e. The highest BCUT2D eigenvalue weighted by molar-refractivity contribution is 5.66. The smallest absolute Gasteiger partial charge is 0.302 e. The lowest BCUT2D eigenvalue weighted by Gasteiger charge is -2.09. The highest BCUT2D eigenvalue weighted by Crippen LogP contribution is 2.18. The van der Waals surface area contributed by atoms with Crippen LogP contribution in [0.4, 0.5) is 5.69 Å². The second-order valence-electron chi connectivity index (χ2n) is 3.38. The quantitative estimate of drug-likeness (QED) is 0.770. The Hall–Kier alpha value is -1.51. The molecule has 1 rings (SSSR count). The van der Waals surface area contributed by atoms with Crippen molar-refractivity contribution in [2.24, 2.45) is 0 Å². The van der Waals surface area contributed by atoms with Gasteiger partial charge in [-0.2, -0.15) is 0 Å². The van der Waals surface area contributed by atoms with Crippen molar-refractivity contribution in [2.45, 2.75) is 26.9 Å². The van der Waals surface area contributed by atoms with Crippen LogP contribution in [0.5, 0.6) is 0 Å². The van der Waals surface area contributed by atoms with E-state index in [-0.39, 0.29) is 5.97 Å². The molecule has 3 heteroatoms. The van der Waals surface area contributed by atoms with E-state index in [1.165, 1.54) is 12.5 Å². The molecule has 0 saturated heterocycles. The minimum atomic E-state index is -0.249. The van der Waals surface area contributed by atoms with Crippen molar-refractivity contribution in [1.29, 1.82) is 0 Å². The molecule has 0 fully saturated rings. The third kappa shape index (κ3) is 3.27. The summed E-state index contributed by atoms with van der Waals surface area (Å²) in [6.45, 7) is 3.87. The normalized spacial score (nSPS) is 9.80. The number of nitrogens with one attached hydrogen (secondary N) is 1. The number of esters is 1. The summed E-state index contributed by atoms with van der Waals surface area (Å²) < 4.78 is 4.93. The van der Waals surface area contributed by atoms with Gasteiger partial charge in [-0.15, -0.1) is 0 Å². The molecule has 82 valence electrons. The average molecular weight is 207 g/mol. The van der Waals surface area contributed by atoms with Crippen LogP contribution in [0.3, 0.4) is 0 Å². The van der Waals surface area contributed by atoms with Crippen molar-refractivity contribution in [2.75, 3.05) is 12.4 Å². The zero-order chi connectivity index (χ0) is 11.3. The van der Waals surface area contributed by atoms with E-state index in [1.807, 2.05) is 19.2 Å². The summed E-state index contributed by atoms with van der Waals surface area (Å²) in [5, 5.41) is 3.13. The number of aryl methyl sites for hydroxylation is 1. The van der Waals surface area contributed by atoms with Crippen LogP contribution in [0.1, 0.15) is 25.0 Å². The summed E-state index contributed by atoms with van der Waals surface area (Å²) in [7, 11) is 1.89. The van der Waals surface area contributed by atoms with E-state index in [2.05, 4.69) is 18.3 Å². The summed E-state index contributed by atoms with van der Waals surface area (Å²) >= 11 is 0. The minimum absolute atomic E-state index is 0.249. The molecule has 0 aliphatic rings. The summed E-state index contributed by atoms with van der Waals surface area (Å²) in [6, 6.07) is 6.06. The molecule has 0 atom stereocenters. The number of carbonyl (C=O) groups is 1. The molecule has 0 heterocycles. The molecule has 0 unspecified atom stereocenters. The topological polar surface area (TPSA) is 38.3 Å². The van der Waals surface area contributed by atoms with Crippen LogP contribution in [0.15, 0.2) is 18.2 Å². The first-order chi connectivity index (χ1) is 7.17. The molecule has 1 aromatic carbocycles. The van der Waals surface area contributed by atoms with Crippen molar-refractivity contribution in [3.63, 3.8) is 0 Å². The van der Waals surface area contributed by atoms with Crippen LogP contribution < -0.4 is 5.32 Å². The van der Waals surface area contributed by atoms with Crippen molar-refractivity contribution in [3.8, 4) is 0 Å². The van der Waals surface area contributed by atoms with Crippen molar-refractivity contribution >= 4 is 11.7 Å². The number of hydrogen-bond donors (Lipinski definition) is 1.